The summed E-state index contributed by atoms with van der Waals surface area (Å²) in [6.07, 6.45) is 19.9. The van der Waals surface area contributed by atoms with Crippen LogP contribution in [0.4, 0.5) is 0 Å². The Kier molecular flexibility index (Phi) is 18.3. The highest BCUT2D eigenvalue weighted by Gasteiger charge is 2.14. The van der Waals surface area contributed by atoms with Crippen LogP contribution in [-0.2, 0) is 32.2 Å². The molecule has 0 radical (unpaired) electrons. The monoisotopic (exact) mass is 478 g/mol. The summed E-state index contributed by atoms with van der Waals surface area (Å²) in [5, 5.41) is 8.77. The number of unbranched alkanes of at least 4 members (excludes halogenated alkanes) is 12. The Morgan fingerprint density at radius 2 is 1.29 bits per heavy atom. The topological polar surface area (TPSA) is 57.2 Å². The van der Waals surface area contributed by atoms with Crippen molar-refractivity contribution in [3.63, 3.8) is 0 Å². The first-order chi connectivity index (χ1) is 16.9. The van der Waals surface area contributed by atoms with E-state index in [-0.39, 0.29) is 6.29 Å². The third kappa shape index (κ3) is 15.1. The molecule has 1 aliphatic rings. The van der Waals surface area contributed by atoms with E-state index in [1.54, 1.807) is 0 Å². The van der Waals surface area contributed by atoms with Crippen LogP contribution in [0.2, 0.25) is 0 Å². The molecule has 34 heavy (non-hydrogen) atoms. The van der Waals surface area contributed by atoms with Crippen molar-refractivity contribution in [3.8, 4) is 0 Å². The zero-order valence-corrected chi connectivity index (χ0v) is 21.5. The number of aliphatic hydroxyl groups excluding tert-OH is 1. The molecule has 1 saturated heterocycles. The fourth-order valence-corrected chi connectivity index (χ4v) is 4.39. The minimum atomic E-state index is -0.0655. The number of aliphatic hydroxyl groups is 1. The van der Waals surface area contributed by atoms with E-state index in [1.807, 2.05) is 12.1 Å². The maximum atomic E-state index is 8.77. The molecule has 1 aromatic carbocycles. The summed E-state index contributed by atoms with van der Waals surface area (Å²) >= 11 is 0. The van der Waals surface area contributed by atoms with Crippen LogP contribution < -0.4 is 0 Å². The second kappa shape index (κ2) is 21.3. The molecule has 1 fully saturated rings. The second-order valence-electron chi connectivity index (χ2n) is 9.57. The standard InChI is InChI=1S/C29H50O5/c30-21-15-10-8-6-4-2-1-3-5-7-9-11-16-22-31-26-32-24-27-18-12-13-19-28(27)25-34-29-20-14-17-23-33-29/h12-13,18-19,29-30H,1-11,14-17,20-26H2. The lowest BCUT2D eigenvalue weighted by Gasteiger charge is -2.23. The van der Waals surface area contributed by atoms with E-state index in [0.29, 0.717) is 26.6 Å². The van der Waals surface area contributed by atoms with Crippen LogP contribution in [0.15, 0.2) is 24.3 Å². The maximum Gasteiger partial charge on any atom is 0.158 e. The smallest absolute Gasteiger partial charge is 0.158 e. The van der Waals surface area contributed by atoms with Crippen molar-refractivity contribution in [2.45, 2.75) is 122 Å². The highest BCUT2D eigenvalue weighted by atomic mass is 16.7. The predicted molar refractivity (Wildman–Crippen MR) is 138 cm³/mol. The molecule has 1 unspecified atom stereocenters. The Morgan fingerprint density at radius 1 is 0.706 bits per heavy atom. The van der Waals surface area contributed by atoms with Gasteiger partial charge in [-0.15, -0.1) is 0 Å². The van der Waals surface area contributed by atoms with E-state index in [0.717, 1.165) is 50.0 Å². The summed E-state index contributed by atoms with van der Waals surface area (Å²) in [5.74, 6) is 0. The number of hydrogen-bond donors (Lipinski definition) is 1. The Morgan fingerprint density at radius 3 is 1.88 bits per heavy atom. The van der Waals surface area contributed by atoms with Crippen LogP contribution in [0.3, 0.4) is 0 Å². The molecule has 1 heterocycles. The van der Waals surface area contributed by atoms with E-state index in [4.69, 9.17) is 24.1 Å². The van der Waals surface area contributed by atoms with Gasteiger partial charge in [-0.2, -0.15) is 0 Å². The van der Waals surface area contributed by atoms with E-state index in [2.05, 4.69) is 12.1 Å². The van der Waals surface area contributed by atoms with Crippen molar-refractivity contribution >= 4 is 0 Å². The molecule has 1 aliphatic heterocycles. The van der Waals surface area contributed by atoms with Crippen molar-refractivity contribution in [1.29, 1.82) is 0 Å². The molecule has 5 heteroatoms. The second-order valence-corrected chi connectivity index (χ2v) is 9.57. The lowest BCUT2D eigenvalue weighted by Crippen LogP contribution is -2.22. The van der Waals surface area contributed by atoms with Gasteiger partial charge in [0.2, 0.25) is 0 Å². The number of ether oxygens (including phenoxy) is 4. The van der Waals surface area contributed by atoms with Crippen LogP contribution >= 0.6 is 0 Å². The normalized spacial score (nSPS) is 16.2. The first kappa shape index (κ1) is 29.3. The molecule has 0 spiro atoms. The van der Waals surface area contributed by atoms with Gasteiger partial charge in [0.15, 0.2) is 6.29 Å². The number of hydrogen-bond acceptors (Lipinski definition) is 5. The molecule has 1 atom stereocenters. The van der Waals surface area contributed by atoms with Gasteiger partial charge in [-0.1, -0.05) is 94.9 Å². The third-order valence-corrected chi connectivity index (χ3v) is 6.55. The van der Waals surface area contributed by atoms with Gasteiger partial charge in [0.1, 0.15) is 6.79 Å². The van der Waals surface area contributed by atoms with Gasteiger partial charge in [-0.05, 0) is 43.2 Å². The quantitative estimate of drug-likeness (QED) is 0.140. The maximum absolute atomic E-state index is 8.77. The van der Waals surface area contributed by atoms with Crippen molar-refractivity contribution in [2.75, 3.05) is 26.6 Å². The molecule has 0 aromatic heterocycles. The van der Waals surface area contributed by atoms with E-state index in [1.165, 1.54) is 77.0 Å². The minimum absolute atomic E-state index is 0.0655. The predicted octanol–water partition coefficient (Wildman–Crippen LogP) is 7.28. The largest absolute Gasteiger partial charge is 0.396 e. The number of rotatable bonds is 22. The lowest BCUT2D eigenvalue weighted by atomic mass is 10.0. The minimum Gasteiger partial charge on any atom is -0.396 e. The third-order valence-electron chi connectivity index (χ3n) is 6.55. The first-order valence-corrected chi connectivity index (χ1v) is 14.0. The van der Waals surface area contributed by atoms with Gasteiger partial charge in [0, 0.05) is 19.8 Å². The molecule has 0 aliphatic carbocycles. The molecule has 0 saturated carbocycles. The summed E-state index contributed by atoms with van der Waals surface area (Å²) in [5.41, 5.74) is 2.32. The summed E-state index contributed by atoms with van der Waals surface area (Å²) in [4.78, 5) is 0. The Labute approximate surface area is 208 Å². The average Bonchev–Trinajstić information content (AvgIpc) is 2.88. The molecule has 1 aromatic rings. The van der Waals surface area contributed by atoms with Crippen molar-refractivity contribution in [3.05, 3.63) is 35.4 Å². The molecule has 5 nitrogen and oxygen atoms in total. The van der Waals surface area contributed by atoms with Crippen molar-refractivity contribution in [2.24, 2.45) is 0 Å². The molecular weight excluding hydrogens is 428 g/mol. The highest BCUT2D eigenvalue weighted by molar-refractivity contribution is 5.25. The Balaban J connectivity index is 1.36. The first-order valence-electron chi connectivity index (χ1n) is 14.0. The molecule has 1 N–H and O–H groups in total. The van der Waals surface area contributed by atoms with E-state index >= 15 is 0 Å². The molecule has 196 valence electrons. The SMILES string of the molecule is OCCCCCCCCCCCCCCCOCOCc1ccccc1COC1CCCCO1. The summed E-state index contributed by atoms with van der Waals surface area (Å²) < 4.78 is 23.0. The van der Waals surface area contributed by atoms with Crippen LogP contribution in [0.5, 0.6) is 0 Å². The average molecular weight is 479 g/mol. The summed E-state index contributed by atoms with van der Waals surface area (Å²) in [6.45, 7) is 3.40. The summed E-state index contributed by atoms with van der Waals surface area (Å²) in [6, 6.07) is 8.29. The van der Waals surface area contributed by atoms with Crippen molar-refractivity contribution < 1.29 is 24.1 Å². The van der Waals surface area contributed by atoms with Gasteiger partial charge < -0.3 is 24.1 Å². The van der Waals surface area contributed by atoms with E-state index in [9.17, 15) is 0 Å². The molecule has 0 amide bonds. The van der Waals surface area contributed by atoms with Crippen LogP contribution in [-0.4, -0.2) is 38.0 Å². The van der Waals surface area contributed by atoms with Gasteiger partial charge in [0.25, 0.3) is 0 Å². The fourth-order valence-electron chi connectivity index (χ4n) is 4.39. The van der Waals surface area contributed by atoms with Gasteiger partial charge in [-0.3, -0.25) is 0 Å². The van der Waals surface area contributed by atoms with Gasteiger partial charge in [0.05, 0.1) is 13.2 Å². The zero-order chi connectivity index (χ0) is 23.9. The zero-order valence-electron chi connectivity index (χ0n) is 21.5. The molecule has 2 rings (SSSR count). The molecule has 0 bridgehead atoms. The lowest BCUT2D eigenvalue weighted by molar-refractivity contribution is -0.169. The van der Waals surface area contributed by atoms with Gasteiger partial charge in [-0.25, -0.2) is 0 Å². The van der Waals surface area contributed by atoms with Crippen LogP contribution in [0.1, 0.15) is 114 Å². The number of benzene rings is 1. The Hall–Kier alpha value is -0.980. The van der Waals surface area contributed by atoms with Crippen LogP contribution in [0, 0.1) is 0 Å². The Bertz CT molecular complexity index is 573. The summed E-state index contributed by atoms with van der Waals surface area (Å²) in [7, 11) is 0. The fraction of sp³-hybridized carbons (Fsp3) is 0.793. The molecular formula is C29H50O5. The van der Waals surface area contributed by atoms with Crippen LogP contribution in [0.25, 0.3) is 0 Å². The van der Waals surface area contributed by atoms with Gasteiger partial charge >= 0.3 is 0 Å². The van der Waals surface area contributed by atoms with Crippen molar-refractivity contribution in [1.82, 2.24) is 0 Å². The van der Waals surface area contributed by atoms with E-state index < -0.39 is 0 Å². The highest BCUT2D eigenvalue weighted by Crippen LogP contribution is 2.18.